The first-order valence-corrected chi connectivity index (χ1v) is 7.26. The number of hydrogen-bond acceptors (Lipinski definition) is 4. The summed E-state index contributed by atoms with van der Waals surface area (Å²) in [6.07, 6.45) is 1.94. The number of urea groups is 1. The van der Waals surface area contributed by atoms with E-state index in [-0.39, 0.29) is 12.1 Å². The molecular weight excluding hydrogens is 286 g/mol. The van der Waals surface area contributed by atoms with Crippen molar-refractivity contribution >= 4 is 22.8 Å². The van der Waals surface area contributed by atoms with Crippen LogP contribution in [0, 0.1) is 0 Å². The molecule has 1 atom stereocenters. The van der Waals surface area contributed by atoms with Crippen molar-refractivity contribution in [1.82, 2.24) is 9.47 Å². The first-order chi connectivity index (χ1) is 10.6. The van der Waals surface area contributed by atoms with Crippen LogP contribution in [0.1, 0.15) is 12.8 Å². The maximum Gasteiger partial charge on any atom is 0.419 e. The Morgan fingerprint density at radius 1 is 1.50 bits per heavy atom. The fourth-order valence-corrected chi connectivity index (χ4v) is 2.87. The number of carbonyl (C=O) groups is 1. The minimum Gasteiger partial charge on any atom is -0.408 e. The lowest BCUT2D eigenvalue weighted by atomic mass is 10.2. The number of aromatic nitrogens is 1. The number of fused-ring (bicyclic) bond motifs is 1. The van der Waals surface area contributed by atoms with Crippen LogP contribution in [0.4, 0.5) is 10.5 Å². The molecule has 1 aromatic carbocycles. The van der Waals surface area contributed by atoms with Gasteiger partial charge in [-0.1, -0.05) is 0 Å². The lowest BCUT2D eigenvalue weighted by molar-refractivity contribution is 0.128. The Balaban J connectivity index is 1.79. The van der Waals surface area contributed by atoms with E-state index in [9.17, 15) is 9.59 Å². The predicted octanol–water partition coefficient (Wildman–Crippen LogP) is 1.77. The first-order valence-electron chi connectivity index (χ1n) is 7.26. The fourth-order valence-electron chi connectivity index (χ4n) is 2.87. The second-order valence-electron chi connectivity index (χ2n) is 5.48. The van der Waals surface area contributed by atoms with Crippen LogP contribution >= 0.6 is 0 Å². The van der Waals surface area contributed by atoms with Crippen LogP contribution in [0.5, 0.6) is 0 Å². The zero-order chi connectivity index (χ0) is 15.7. The van der Waals surface area contributed by atoms with E-state index in [1.165, 1.54) is 4.57 Å². The van der Waals surface area contributed by atoms with Gasteiger partial charge in [-0.25, -0.2) is 9.59 Å². The van der Waals surface area contributed by atoms with Crippen molar-refractivity contribution in [2.24, 2.45) is 7.05 Å². The van der Waals surface area contributed by atoms with E-state index in [2.05, 4.69) is 5.32 Å². The Kier molecular flexibility index (Phi) is 3.89. The monoisotopic (exact) mass is 305 g/mol. The van der Waals surface area contributed by atoms with Gasteiger partial charge in [-0.15, -0.1) is 0 Å². The molecule has 1 aliphatic heterocycles. The van der Waals surface area contributed by atoms with Crippen LogP contribution in [0.3, 0.4) is 0 Å². The highest BCUT2D eigenvalue weighted by Gasteiger charge is 2.28. The zero-order valence-electron chi connectivity index (χ0n) is 12.7. The van der Waals surface area contributed by atoms with Crippen molar-refractivity contribution in [1.29, 1.82) is 0 Å². The molecule has 1 aliphatic rings. The molecule has 0 radical (unpaired) electrons. The highest BCUT2D eigenvalue weighted by atomic mass is 16.5. The third-order valence-electron chi connectivity index (χ3n) is 4.04. The molecule has 0 bridgehead atoms. The van der Waals surface area contributed by atoms with E-state index in [1.807, 2.05) is 0 Å². The van der Waals surface area contributed by atoms with Crippen LogP contribution in [0.2, 0.25) is 0 Å². The zero-order valence-corrected chi connectivity index (χ0v) is 12.7. The van der Waals surface area contributed by atoms with Crippen molar-refractivity contribution in [3.63, 3.8) is 0 Å². The van der Waals surface area contributed by atoms with Gasteiger partial charge in [0.1, 0.15) is 0 Å². The number of hydrogen-bond donors (Lipinski definition) is 1. The first kappa shape index (κ1) is 14.6. The minimum absolute atomic E-state index is 0.118. The van der Waals surface area contributed by atoms with Crippen molar-refractivity contribution in [3.8, 4) is 0 Å². The summed E-state index contributed by atoms with van der Waals surface area (Å²) in [4.78, 5) is 25.7. The Bertz CT molecular complexity index is 749. The standard InChI is InChI=1S/C15H19N3O4/c1-17-12-8-10(5-6-13(12)22-15(17)20)16-14(19)18-7-3-4-11(18)9-21-2/h5-6,8,11H,3-4,7,9H2,1-2H3,(H,16,19)/t11-/m0/s1. The third kappa shape index (κ3) is 2.59. The number of nitrogens with one attached hydrogen (secondary N) is 1. The summed E-state index contributed by atoms with van der Waals surface area (Å²) in [5, 5.41) is 2.88. The molecule has 0 saturated carbocycles. The SMILES string of the molecule is COC[C@@H]1CCCN1C(=O)Nc1ccc2oc(=O)n(C)c2c1. The summed E-state index contributed by atoms with van der Waals surface area (Å²) in [6.45, 7) is 1.27. The summed E-state index contributed by atoms with van der Waals surface area (Å²) < 4.78 is 11.6. The van der Waals surface area contributed by atoms with Crippen LogP contribution in [-0.4, -0.2) is 41.8 Å². The number of aryl methyl sites for hydroxylation is 1. The summed E-state index contributed by atoms with van der Waals surface area (Å²) in [5.74, 6) is -0.418. The molecule has 1 aromatic heterocycles. The predicted molar refractivity (Wildman–Crippen MR) is 82.1 cm³/mol. The van der Waals surface area contributed by atoms with E-state index in [1.54, 1.807) is 37.3 Å². The van der Waals surface area contributed by atoms with Crippen molar-refractivity contribution in [3.05, 3.63) is 28.7 Å². The van der Waals surface area contributed by atoms with Gasteiger partial charge in [-0.3, -0.25) is 4.57 Å². The summed E-state index contributed by atoms with van der Waals surface area (Å²) in [6, 6.07) is 5.12. The third-order valence-corrected chi connectivity index (χ3v) is 4.04. The van der Waals surface area contributed by atoms with Crippen molar-refractivity contribution < 1.29 is 13.9 Å². The van der Waals surface area contributed by atoms with Gasteiger partial charge in [0.05, 0.1) is 18.2 Å². The number of anilines is 1. The van der Waals surface area contributed by atoms with E-state index in [0.717, 1.165) is 19.4 Å². The quantitative estimate of drug-likeness (QED) is 0.937. The molecule has 7 nitrogen and oxygen atoms in total. The van der Waals surface area contributed by atoms with Gasteiger partial charge in [-0.2, -0.15) is 0 Å². The number of oxazole rings is 1. The maximum atomic E-state index is 12.4. The Hall–Kier alpha value is -2.28. The number of nitrogens with zero attached hydrogens (tertiary/aromatic N) is 2. The van der Waals surface area contributed by atoms with Gasteiger partial charge in [0, 0.05) is 26.4 Å². The molecule has 0 spiro atoms. The van der Waals surface area contributed by atoms with Crippen LogP contribution < -0.4 is 11.1 Å². The number of ether oxygens (including phenoxy) is 1. The second-order valence-corrected chi connectivity index (χ2v) is 5.48. The molecular formula is C15H19N3O4. The molecule has 2 heterocycles. The lowest BCUT2D eigenvalue weighted by Crippen LogP contribution is -2.40. The molecule has 2 amide bonds. The van der Waals surface area contributed by atoms with Gasteiger partial charge in [-0.05, 0) is 31.0 Å². The number of likely N-dealkylation sites (tertiary alicyclic amines) is 1. The van der Waals surface area contributed by atoms with Crippen LogP contribution in [-0.2, 0) is 11.8 Å². The Morgan fingerprint density at radius 2 is 2.32 bits per heavy atom. The summed E-state index contributed by atoms with van der Waals surface area (Å²) >= 11 is 0. The number of amides is 2. The Morgan fingerprint density at radius 3 is 3.09 bits per heavy atom. The smallest absolute Gasteiger partial charge is 0.408 e. The largest absolute Gasteiger partial charge is 0.419 e. The van der Waals surface area contributed by atoms with Gasteiger partial charge in [0.2, 0.25) is 0 Å². The molecule has 0 unspecified atom stereocenters. The molecule has 1 N–H and O–H groups in total. The van der Waals surface area contributed by atoms with E-state index in [0.29, 0.717) is 23.4 Å². The number of methoxy groups -OCH3 is 1. The van der Waals surface area contributed by atoms with Gasteiger partial charge >= 0.3 is 11.8 Å². The molecule has 22 heavy (non-hydrogen) atoms. The molecule has 118 valence electrons. The summed E-state index contributed by atoms with van der Waals surface area (Å²) in [7, 11) is 3.27. The maximum absolute atomic E-state index is 12.4. The van der Waals surface area contributed by atoms with Gasteiger partial charge in [0.15, 0.2) is 5.58 Å². The number of rotatable bonds is 3. The molecule has 3 rings (SSSR count). The molecule has 2 aromatic rings. The molecule has 1 fully saturated rings. The van der Waals surface area contributed by atoms with E-state index < -0.39 is 5.76 Å². The van der Waals surface area contributed by atoms with Crippen LogP contribution in [0.15, 0.2) is 27.4 Å². The van der Waals surface area contributed by atoms with Crippen LogP contribution in [0.25, 0.3) is 11.1 Å². The highest BCUT2D eigenvalue weighted by Crippen LogP contribution is 2.21. The van der Waals surface area contributed by atoms with Crippen molar-refractivity contribution in [2.45, 2.75) is 18.9 Å². The van der Waals surface area contributed by atoms with E-state index in [4.69, 9.17) is 9.15 Å². The van der Waals surface area contributed by atoms with Crippen molar-refractivity contribution in [2.75, 3.05) is 25.6 Å². The van der Waals surface area contributed by atoms with Gasteiger partial charge < -0.3 is 19.4 Å². The summed E-state index contributed by atoms with van der Waals surface area (Å²) in [5.41, 5.74) is 1.79. The van der Waals surface area contributed by atoms with E-state index >= 15 is 0 Å². The Labute approximate surface area is 127 Å². The molecule has 0 aliphatic carbocycles. The molecule has 1 saturated heterocycles. The number of benzene rings is 1. The highest BCUT2D eigenvalue weighted by molar-refractivity contribution is 5.92. The fraction of sp³-hybridized carbons (Fsp3) is 0.467. The average Bonchev–Trinajstić information content (AvgIpc) is 3.06. The number of carbonyl (C=O) groups excluding carboxylic acids is 1. The average molecular weight is 305 g/mol. The normalized spacial score (nSPS) is 18.1. The van der Waals surface area contributed by atoms with Gasteiger partial charge in [0.25, 0.3) is 0 Å². The lowest BCUT2D eigenvalue weighted by Gasteiger charge is -2.24. The topological polar surface area (TPSA) is 76.7 Å². The molecule has 7 heteroatoms. The minimum atomic E-state index is -0.418. The second kappa shape index (κ2) is 5.84.